The van der Waals surface area contributed by atoms with Gasteiger partial charge < -0.3 is 0 Å². The molecule has 0 fully saturated rings. The van der Waals surface area contributed by atoms with Gasteiger partial charge in [-0.05, 0) is 39.3 Å². The smallest absolute Gasteiger partial charge is 0.161 e. The fraction of sp³-hybridized carbons (Fsp3) is 0.286. The molecule has 0 atom stereocenters. The van der Waals surface area contributed by atoms with Crippen LogP contribution < -0.4 is 4.57 Å². The van der Waals surface area contributed by atoms with E-state index < -0.39 is 0 Å². The van der Waals surface area contributed by atoms with E-state index in [1.54, 1.807) is 0 Å². The van der Waals surface area contributed by atoms with Gasteiger partial charge in [-0.1, -0.05) is 28.8 Å². The molecule has 2 heteroatoms. The molecule has 0 radical (unpaired) electrons. The van der Waals surface area contributed by atoms with E-state index >= 15 is 0 Å². The van der Waals surface area contributed by atoms with Crippen LogP contribution in [0.15, 0.2) is 36.4 Å². The maximum atomic E-state index is 2.27. The van der Waals surface area contributed by atoms with E-state index in [1.165, 1.54) is 22.2 Å². The van der Waals surface area contributed by atoms with Crippen molar-refractivity contribution in [2.75, 3.05) is 0 Å². The monoisotopic (exact) mass is 211 g/mol. The Morgan fingerprint density at radius 2 is 1.69 bits per heavy atom. The Bertz CT molecular complexity index is 509. The average molecular weight is 211 g/mol. The highest BCUT2D eigenvalue weighted by atomic mass is 14.9. The lowest BCUT2D eigenvalue weighted by Gasteiger charge is -2.18. The van der Waals surface area contributed by atoms with Crippen molar-refractivity contribution in [3.63, 3.8) is 0 Å². The van der Waals surface area contributed by atoms with Crippen LogP contribution in [0.2, 0.25) is 0 Å². The van der Waals surface area contributed by atoms with Gasteiger partial charge in [0.05, 0.1) is 0 Å². The molecule has 0 saturated heterocycles. The Labute approximate surface area is 97.8 Å². The Morgan fingerprint density at radius 1 is 1.06 bits per heavy atom. The number of rotatable bonds is 1. The van der Waals surface area contributed by atoms with Crippen LogP contribution in [-0.4, -0.2) is 6.34 Å². The minimum absolute atomic E-state index is 0.413. The fourth-order valence-electron chi connectivity index (χ4n) is 2.55. The summed E-state index contributed by atoms with van der Waals surface area (Å²) in [6, 6.07) is 6.66. The summed E-state index contributed by atoms with van der Waals surface area (Å²) >= 11 is 0. The molecule has 0 spiro atoms. The molecule has 1 heterocycles. The molecule has 2 aromatic rings. The van der Waals surface area contributed by atoms with Crippen molar-refractivity contribution in [3.05, 3.63) is 53.1 Å². The molecule has 0 aliphatic heterocycles. The van der Waals surface area contributed by atoms with Crippen molar-refractivity contribution in [1.29, 1.82) is 0 Å². The summed E-state index contributed by atoms with van der Waals surface area (Å²) in [6.45, 7) is 6.56. The highest BCUT2D eigenvalue weighted by molar-refractivity contribution is 6.63. The number of nitrogens with zero attached hydrogens (tertiary/aromatic N) is 1. The van der Waals surface area contributed by atoms with Crippen molar-refractivity contribution in [3.8, 4) is 5.46 Å². The van der Waals surface area contributed by atoms with Gasteiger partial charge in [0.1, 0.15) is 7.05 Å². The van der Waals surface area contributed by atoms with Crippen LogP contribution in [0.3, 0.4) is 0 Å². The number of aryl methyl sites for hydroxylation is 4. The second-order valence-electron chi connectivity index (χ2n) is 4.69. The summed E-state index contributed by atoms with van der Waals surface area (Å²) in [7, 11) is 2.08. The highest BCUT2D eigenvalue weighted by Gasteiger charge is 2.00. The maximum Gasteiger partial charge on any atom is 0.161 e. The molecule has 1 aromatic carbocycles. The topological polar surface area (TPSA) is 3.88 Å². The largest absolute Gasteiger partial charge is 0.250 e. The SMILES string of the molecule is Cc1cc(C)c(-[b-]2ccc[n+](C)c2)c(C)c1. The molecule has 2 rings (SSSR count). The van der Waals surface area contributed by atoms with Crippen LogP contribution in [0.4, 0.5) is 0 Å². The highest BCUT2D eigenvalue weighted by Crippen LogP contribution is 2.19. The van der Waals surface area contributed by atoms with E-state index in [0.29, 0.717) is 6.34 Å². The normalized spacial score (nSPS) is 10.5. The Morgan fingerprint density at radius 3 is 2.25 bits per heavy atom. The molecule has 1 aromatic heterocycles. The van der Waals surface area contributed by atoms with E-state index in [1.807, 2.05) is 0 Å². The van der Waals surface area contributed by atoms with Crippen LogP contribution in [0.25, 0.3) is 5.46 Å². The van der Waals surface area contributed by atoms with Crippen molar-refractivity contribution in [2.24, 2.45) is 7.05 Å². The summed E-state index contributed by atoms with van der Waals surface area (Å²) in [6.07, 6.45) is 4.75. The van der Waals surface area contributed by atoms with Gasteiger partial charge in [-0.15, -0.1) is 0 Å². The van der Waals surface area contributed by atoms with Crippen molar-refractivity contribution in [1.82, 2.24) is 0 Å². The van der Waals surface area contributed by atoms with E-state index in [9.17, 15) is 0 Å². The summed E-state index contributed by atoms with van der Waals surface area (Å²) in [5.41, 5.74) is 5.57. The molecule has 0 N–H and O–H groups in total. The first-order valence-corrected chi connectivity index (χ1v) is 5.74. The van der Waals surface area contributed by atoms with Gasteiger partial charge in [0.25, 0.3) is 0 Å². The summed E-state index contributed by atoms with van der Waals surface area (Å²) in [5.74, 6) is 2.25. The zero-order chi connectivity index (χ0) is 11.7. The predicted octanol–water partition coefficient (Wildman–Crippen LogP) is 2.45. The molecule has 0 amide bonds. The maximum absolute atomic E-state index is 2.27. The molecular formula is C14H18BN. The first kappa shape index (κ1) is 11.1. The zero-order valence-corrected chi connectivity index (χ0v) is 10.5. The number of hydrogen-bond acceptors (Lipinski definition) is 0. The summed E-state index contributed by atoms with van der Waals surface area (Å²) < 4.78 is 2.13. The van der Waals surface area contributed by atoms with E-state index in [0.717, 1.165) is 0 Å². The van der Waals surface area contributed by atoms with E-state index in [4.69, 9.17) is 0 Å². The molecule has 82 valence electrons. The minimum atomic E-state index is 0.413. The molecular weight excluding hydrogens is 193 g/mol. The van der Waals surface area contributed by atoms with Gasteiger partial charge in [0.2, 0.25) is 0 Å². The van der Waals surface area contributed by atoms with Crippen LogP contribution in [0.1, 0.15) is 16.7 Å². The number of aromatic nitrogens is 1. The first-order chi connectivity index (χ1) is 7.58. The molecule has 0 aliphatic carbocycles. The van der Waals surface area contributed by atoms with Crippen molar-refractivity contribution >= 4 is 6.34 Å². The average Bonchev–Trinajstić information content (AvgIpc) is 2.15. The van der Waals surface area contributed by atoms with Crippen molar-refractivity contribution < 1.29 is 4.57 Å². The van der Waals surface area contributed by atoms with Crippen molar-refractivity contribution in [2.45, 2.75) is 20.8 Å². The molecule has 1 nitrogen and oxygen atoms in total. The second-order valence-corrected chi connectivity index (χ2v) is 4.69. The van der Waals surface area contributed by atoms with Crippen LogP contribution in [0.5, 0.6) is 0 Å². The Balaban J connectivity index is 2.64. The van der Waals surface area contributed by atoms with E-state index in [-0.39, 0.29) is 0 Å². The minimum Gasteiger partial charge on any atom is -0.250 e. The van der Waals surface area contributed by atoms with Gasteiger partial charge >= 0.3 is 0 Å². The zero-order valence-electron chi connectivity index (χ0n) is 10.5. The van der Waals surface area contributed by atoms with Gasteiger partial charge in [0, 0.05) is 0 Å². The molecule has 0 saturated carbocycles. The lowest BCUT2D eigenvalue weighted by molar-refractivity contribution is -0.669. The third-order valence-electron chi connectivity index (χ3n) is 3.11. The van der Waals surface area contributed by atoms with Crippen LogP contribution >= 0.6 is 0 Å². The van der Waals surface area contributed by atoms with E-state index in [2.05, 4.69) is 68.8 Å². The lowest BCUT2D eigenvalue weighted by atomic mass is 9.58. The second kappa shape index (κ2) is 4.21. The van der Waals surface area contributed by atoms with Gasteiger partial charge in [-0.3, -0.25) is 4.57 Å². The molecule has 0 aliphatic rings. The summed E-state index contributed by atoms with van der Waals surface area (Å²) in [5, 5.41) is 0. The van der Waals surface area contributed by atoms with Gasteiger partial charge in [0.15, 0.2) is 6.20 Å². The van der Waals surface area contributed by atoms with Gasteiger partial charge in [-0.25, -0.2) is 11.4 Å². The lowest BCUT2D eigenvalue weighted by Crippen LogP contribution is -2.29. The Kier molecular flexibility index (Phi) is 2.91. The predicted molar refractivity (Wildman–Crippen MR) is 69.1 cm³/mol. The number of benzene rings is 1. The quantitative estimate of drug-likeness (QED) is 0.638. The van der Waals surface area contributed by atoms with Crippen LogP contribution in [0, 0.1) is 20.8 Å². The summed E-state index contributed by atoms with van der Waals surface area (Å²) in [4.78, 5) is 0. The van der Waals surface area contributed by atoms with Gasteiger partial charge in [-0.2, -0.15) is 0 Å². The first-order valence-electron chi connectivity index (χ1n) is 5.74. The molecule has 0 bridgehead atoms. The third-order valence-corrected chi connectivity index (χ3v) is 3.11. The van der Waals surface area contributed by atoms with Crippen LogP contribution in [-0.2, 0) is 7.05 Å². The number of hydrogen-bond donors (Lipinski definition) is 0. The Hall–Kier alpha value is -1.44. The fourth-order valence-corrected chi connectivity index (χ4v) is 2.55. The molecule has 0 unspecified atom stereocenters. The standard InChI is InChI=1S/C14H18BN/c1-11-8-12(2)14(13(3)9-11)15-6-5-7-16(4)10-15/h5-10H,1-4H3. The molecule has 16 heavy (non-hydrogen) atoms. The third kappa shape index (κ3) is 2.06.